The summed E-state index contributed by atoms with van der Waals surface area (Å²) in [5.74, 6) is 0.123. The third-order valence-corrected chi connectivity index (χ3v) is 4.57. The Morgan fingerprint density at radius 1 is 1.15 bits per heavy atom. The van der Waals surface area contributed by atoms with Gasteiger partial charge in [-0.3, -0.25) is 14.5 Å². The van der Waals surface area contributed by atoms with Gasteiger partial charge in [-0.05, 0) is 44.2 Å². The zero-order valence-corrected chi connectivity index (χ0v) is 15.0. The second-order valence-corrected chi connectivity index (χ2v) is 7.12. The zero-order valence-electron chi connectivity index (χ0n) is 14.3. The van der Waals surface area contributed by atoms with Crippen LogP contribution in [0.5, 0.6) is 5.75 Å². The van der Waals surface area contributed by atoms with Crippen molar-refractivity contribution >= 4 is 39.9 Å². The fourth-order valence-corrected chi connectivity index (χ4v) is 3.20. The van der Waals surface area contributed by atoms with Crippen molar-refractivity contribution in [2.75, 3.05) is 11.4 Å². The highest BCUT2D eigenvalue weighted by atomic mass is 35.5. The third-order valence-electron chi connectivity index (χ3n) is 4.34. The molecule has 0 saturated carbocycles. The fraction of sp³-hybridized carbons (Fsp3) is 0.200. The minimum absolute atomic E-state index is 0.154. The Balaban J connectivity index is 1.71. The Hall–Kier alpha value is -2.79. The first-order chi connectivity index (χ1) is 12.3. The summed E-state index contributed by atoms with van der Waals surface area (Å²) < 4.78 is 11.4. The number of carbonyl (C=O) groups is 2. The van der Waals surface area contributed by atoms with Gasteiger partial charge in [0.05, 0.1) is 12.2 Å². The number of hydrogen-bond donors (Lipinski definition) is 0. The molecular weight excluding hydrogens is 354 g/mol. The average molecular weight is 370 g/mol. The number of halogens is 1. The Labute approximate surface area is 155 Å². The molecule has 0 bridgehead atoms. The molecule has 0 atom stereocenters. The van der Waals surface area contributed by atoms with Gasteiger partial charge >= 0.3 is 0 Å². The molecule has 0 radical (unpaired) electrons. The Bertz CT molecular complexity index is 1000. The molecule has 132 valence electrons. The van der Waals surface area contributed by atoms with Gasteiger partial charge in [0, 0.05) is 10.4 Å². The maximum Gasteiger partial charge on any atom is 0.271 e. The number of carbonyl (C=O) groups excluding carboxylic acids is 2. The highest BCUT2D eigenvalue weighted by Crippen LogP contribution is 2.39. The van der Waals surface area contributed by atoms with E-state index >= 15 is 0 Å². The first-order valence-electron chi connectivity index (χ1n) is 8.17. The van der Waals surface area contributed by atoms with Crippen LogP contribution in [0.2, 0.25) is 5.02 Å². The summed E-state index contributed by atoms with van der Waals surface area (Å²) in [5, 5.41) is 1.30. The molecule has 3 aromatic rings. The molecule has 26 heavy (non-hydrogen) atoms. The van der Waals surface area contributed by atoms with Crippen LogP contribution in [0, 0.1) is 0 Å². The number of Topliss-reactive ketones (excluding diaryl/α,β-unsaturated/α-hetero) is 1. The number of furan rings is 1. The van der Waals surface area contributed by atoms with Crippen molar-refractivity contribution in [2.45, 2.75) is 19.4 Å². The molecule has 1 amide bonds. The summed E-state index contributed by atoms with van der Waals surface area (Å²) >= 11 is 6.07. The molecule has 0 spiro atoms. The molecule has 6 heteroatoms. The zero-order chi connectivity index (χ0) is 18.5. The van der Waals surface area contributed by atoms with Crippen molar-refractivity contribution in [3.05, 3.63) is 59.3 Å². The smallest absolute Gasteiger partial charge is 0.271 e. The van der Waals surface area contributed by atoms with E-state index in [2.05, 4.69) is 0 Å². The van der Waals surface area contributed by atoms with Crippen molar-refractivity contribution in [3.63, 3.8) is 0 Å². The first-order valence-corrected chi connectivity index (χ1v) is 8.55. The van der Waals surface area contributed by atoms with Crippen LogP contribution in [0.25, 0.3) is 11.0 Å². The number of ketones is 1. The highest BCUT2D eigenvalue weighted by molar-refractivity contribution is 6.31. The van der Waals surface area contributed by atoms with Gasteiger partial charge in [-0.1, -0.05) is 29.8 Å². The quantitative estimate of drug-likeness (QED) is 0.639. The van der Waals surface area contributed by atoms with Crippen LogP contribution in [-0.2, 0) is 4.79 Å². The van der Waals surface area contributed by atoms with E-state index < -0.39 is 5.60 Å². The minimum atomic E-state index is -1.07. The van der Waals surface area contributed by atoms with Gasteiger partial charge in [-0.15, -0.1) is 0 Å². The van der Waals surface area contributed by atoms with Crippen LogP contribution in [0.15, 0.2) is 52.9 Å². The lowest BCUT2D eigenvalue weighted by molar-refractivity contribution is -0.132. The monoisotopic (exact) mass is 369 g/mol. The Morgan fingerprint density at radius 3 is 2.69 bits per heavy atom. The second kappa shape index (κ2) is 5.88. The first kappa shape index (κ1) is 16.7. The molecule has 0 fully saturated rings. The van der Waals surface area contributed by atoms with Gasteiger partial charge in [-0.25, -0.2) is 0 Å². The molecule has 2 aromatic carbocycles. The second-order valence-electron chi connectivity index (χ2n) is 6.69. The van der Waals surface area contributed by atoms with Crippen molar-refractivity contribution in [1.29, 1.82) is 0 Å². The maximum atomic E-state index is 12.8. The SMILES string of the molecule is CC1(C)Oc2ccc(Cl)cc2N(CC(=O)c2cc3ccccc3o2)C1=O. The summed E-state index contributed by atoms with van der Waals surface area (Å²) in [6.07, 6.45) is 0. The van der Waals surface area contributed by atoms with E-state index in [1.807, 2.05) is 18.2 Å². The lowest BCUT2D eigenvalue weighted by atomic mass is 10.0. The number of fused-ring (bicyclic) bond motifs is 2. The Morgan fingerprint density at radius 2 is 1.92 bits per heavy atom. The van der Waals surface area contributed by atoms with E-state index in [4.69, 9.17) is 20.8 Å². The molecule has 1 aromatic heterocycles. The normalized spacial score (nSPS) is 15.7. The number of amides is 1. The number of rotatable bonds is 3. The molecule has 0 N–H and O–H groups in total. The Kier molecular flexibility index (Phi) is 3.77. The molecule has 0 aliphatic carbocycles. The number of hydrogen-bond acceptors (Lipinski definition) is 4. The molecule has 0 unspecified atom stereocenters. The number of benzene rings is 2. The van der Waals surface area contributed by atoms with E-state index in [1.54, 1.807) is 44.2 Å². The lowest BCUT2D eigenvalue weighted by Gasteiger charge is -2.38. The number of anilines is 1. The van der Waals surface area contributed by atoms with E-state index in [0.717, 1.165) is 5.39 Å². The van der Waals surface area contributed by atoms with Crippen LogP contribution in [-0.4, -0.2) is 23.8 Å². The lowest BCUT2D eigenvalue weighted by Crippen LogP contribution is -2.53. The molecule has 1 aliphatic heterocycles. The number of ether oxygens (including phenoxy) is 1. The summed E-state index contributed by atoms with van der Waals surface area (Å²) in [6, 6.07) is 14.1. The predicted octanol–water partition coefficient (Wildman–Crippen LogP) is 4.47. The average Bonchev–Trinajstić information content (AvgIpc) is 3.04. The van der Waals surface area contributed by atoms with Crippen molar-refractivity contribution < 1.29 is 18.7 Å². The number of nitrogens with zero attached hydrogens (tertiary/aromatic N) is 1. The summed E-state index contributed by atoms with van der Waals surface area (Å²) in [7, 11) is 0. The third kappa shape index (κ3) is 2.74. The summed E-state index contributed by atoms with van der Waals surface area (Å²) in [4.78, 5) is 27.0. The van der Waals surface area contributed by atoms with Crippen molar-refractivity contribution in [3.8, 4) is 5.75 Å². The molecule has 2 heterocycles. The molecule has 0 saturated heterocycles. The van der Waals surface area contributed by atoms with Gasteiger partial charge < -0.3 is 9.15 Å². The highest BCUT2D eigenvalue weighted by Gasteiger charge is 2.42. The topological polar surface area (TPSA) is 59.8 Å². The molecule has 1 aliphatic rings. The van der Waals surface area contributed by atoms with E-state index in [1.165, 1.54) is 4.90 Å². The van der Waals surface area contributed by atoms with Gasteiger partial charge in [0.25, 0.3) is 5.91 Å². The van der Waals surface area contributed by atoms with Crippen molar-refractivity contribution in [2.24, 2.45) is 0 Å². The molecular formula is C20H16ClNO4. The molecule has 5 nitrogen and oxygen atoms in total. The fourth-order valence-electron chi connectivity index (χ4n) is 3.04. The maximum absolute atomic E-state index is 12.8. The van der Waals surface area contributed by atoms with Gasteiger partial charge in [0.2, 0.25) is 5.78 Å². The van der Waals surface area contributed by atoms with Crippen LogP contribution in [0.3, 0.4) is 0 Å². The van der Waals surface area contributed by atoms with Crippen LogP contribution in [0.4, 0.5) is 5.69 Å². The largest absolute Gasteiger partial charge is 0.476 e. The number of para-hydroxylation sites is 1. The predicted molar refractivity (Wildman–Crippen MR) is 99.1 cm³/mol. The van der Waals surface area contributed by atoms with Gasteiger partial charge in [0.1, 0.15) is 11.3 Å². The van der Waals surface area contributed by atoms with Crippen LogP contribution < -0.4 is 9.64 Å². The van der Waals surface area contributed by atoms with E-state index in [-0.39, 0.29) is 24.0 Å². The van der Waals surface area contributed by atoms with Crippen LogP contribution in [0.1, 0.15) is 24.4 Å². The van der Waals surface area contributed by atoms with E-state index in [0.29, 0.717) is 22.0 Å². The van der Waals surface area contributed by atoms with Gasteiger partial charge in [-0.2, -0.15) is 0 Å². The summed E-state index contributed by atoms with van der Waals surface area (Å²) in [5.41, 5.74) is 0.0360. The minimum Gasteiger partial charge on any atom is -0.476 e. The van der Waals surface area contributed by atoms with Crippen molar-refractivity contribution in [1.82, 2.24) is 0 Å². The molecule has 4 rings (SSSR count). The summed E-state index contributed by atoms with van der Waals surface area (Å²) in [6.45, 7) is 3.19. The van der Waals surface area contributed by atoms with E-state index in [9.17, 15) is 9.59 Å². The van der Waals surface area contributed by atoms with Gasteiger partial charge in [0.15, 0.2) is 11.4 Å². The van der Waals surface area contributed by atoms with Crippen LogP contribution >= 0.6 is 11.6 Å². The standard InChI is InChI=1S/C20H16ClNO4/c1-20(2)19(24)22(14-10-13(21)7-8-17(14)26-20)11-15(23)18-9-12-5-3-4-6-16(12)25-18/h3-10H,11H2,1-2H3.